The van der Waals surface area contributed by atoms with Crippen molar-refractivity contribution in [1.82, 2.24) is 15.3 Å². The highest BCUT2D eigenvalue weighted by Gasteiger charge is 2.17. The Balaban J connectivity index is 2.68. The highest BCUT2D eigenvalue weighted by atomic mass is 16.3. The average molecular weight is 197 g/mol. The van der Waals surface area contributed by atoms with E-state index in [2.05, 4.69) is 15.3 Å². The molecule has 78 valence electrons. The smallest absolute Gasteiger partial charge is 0.125 e. The molecule has 3 N–H and O–H groups in total. The predicted molar refractivity (Wildman–Crippen MR) is 51.7 cm³/mol. The zero-order valence-corrected chi connectivity index (χ0v) is 8.31. The van der Waals surface area contributed by atoms with Crippen LogP contribution < -0.4 is 5.32 Å². The molecule has 0 amide bonds. The second kappa shape index (κ2) is 4.99. The van der Waals surface area contributed by atoms with Gasteiger partial charge in [0.15, 0.2) is 0 Å². The Morgan fingerprint density at radius 2 is 1.93 bits per heavy atom. The van der Waals surface area contributed by atoms with Gasteiger partial charge in [0, 0.05) is 24.5 Å². The molecule has 1 aromatic rings. The normalized spacial score (nSPS) is 15.1. The van der Waals surface area contributed by atoms with Gasteiger partial charge in [-0.15, -0.1) is 0 Å². The van der Waals surface area contributed by atoms with E-state index in [-0.39, 0.29) is 0 Å². The van der Waals surface area contributed by atoms with Gasteiger partial charge >= 0.3 is 0 Å². The van der Waals surface area contributed by atoms with Gasteiger partial charge in [0.25, 0.3) is 0 Å². The molecule has 1 rings (SSSR count). The molecule has 0 aromatic carbocycles. The standard InChI is InChI=1S/C9H15N3O2/c1-6-11-3-7(4-12-6)9(14)8(13)5-10-2/h3-4,8-10,13-14H,5H2,1-2H3. The molecule has 14 heavy (non-hydrogen) atoms. The van der Waals surface area contributed by atoms with Crippen LogP contribution in [0.25, 0.3) is 0 Å². The number of aromatic nitrogens is 2. The Morgan fingerprint density at radius 1 is 1.36 bits per heavy atom. The van der Waals surface area contributed by atoms with Crippen molar-refractivity contribution in [2.24, 2.45) is 0 Å². The topological polar surface area (TPSA) is 78.3 Å². The molecule has 0 spiro atoms. The van der Waals surface area contributed by atoms with Gasteiger partial charge < -0.3 is 15.5 Å². The van der Waals surface area contributed by atoms with Crippen LogP contribution in [-0.2, 0) is 0 Å². The summed E-state index contributed by atoms with van der Waals surface area (Å²) in [5.74, 6) is 0.643. The van der Waals surface area contributed by atoms with Crippen LogP contribution in [0.2, 0.25) is 0 Å². The SMILES string of the molecule is CNCC(O)C(O)c1cnc(C)nc1. The summed E-state index contributed by atoms with van der Waals surface area (Å²) in [6.45, 7) is 2.09. The average Bonchev–Trinajstić information content (AvgIpc) is 2.18. The van der Waals surface area contributed by atoms with E-state index in [9.17, 15) is 10.2 Å². The van der Waals surface area contributed by atoms with Crippen molar-refractivity contribution in [2.45, 2.75) is 19.1 Å². The summed E-state index contributed by atoms with van der Waals surface area (Å²) in [6.07, 6.45) is 1.26. The number of aliphatic hydroxyl groups excluding tert-OH is 2. The first-order valence-corrected chi connectivity index (χ1v) is 4.44. The molecule has 0 bridgehead atoms. The van der Waals surface area contributed by atoms with Crippen molar-refractivity contribution < 1.29 is 10.2 Å². The molecule has 0 aliphatic rings. The zero-order chi connectivity index (χ0) is 10.6. The number of hydrogen-bond donors (Lipinski definition) is 3. The van der Waals surface area contributed by atoms with Crippen LogP contribution in [0.4, 0.5) is 0 Å². The van der Waals surface area contributed by atoms with Crippen LogP contribution in [-0.4, -0.2) is 39.9 Å². The number of nitrogens with zero attached hydrogens (tertiary/aromatic N) is 2. The number of rotatable bonds is 4. The zero-order valence-electron chi connectivity index (χ0n) is 8.31. The Kier molecular flexibility index (Phi) is 3.94. The molecule has 0 aliphatic heterocycles. The summed E-state index contributed by atoms with van der Waals surface area (Å²) >= 11 is 0. The minimum atomic E-state index is -0.942. The number of aliphatic hydroxyl groups is 2. The first kappa shape index (κ1) is 11.0. The van der Waals surface area contributed by atoms with Crippen LogP contribution >= 0.6 is 0 Å². The maximum atomic E-state index is 9.64. The predicted octanol–water partition coefficient (Wildman–Crippen LogP) is -0.601. The van der Waals surface area contributed by atoms with Crippen molar-refractivity contribution >= 4 is 0 Å². The molecule has 0 aliphatic carbocycles. The fraction of sp³-hybridized carbons (Fsp3) is 0.556. The van der Waals surface area contributed by atoms with E-state index in [1.54, 1.807) is 14.0 Å². The number of aryl methyl sites for hydroxylation is 1. The van der Waals surface area contributed by atoms with Gasteiger partial charge in [-0.2, -0.15) is 0 Å². The van der Waals surface area contributed by atoms with E-state index in [0.717, 1.165) is 0 Å². The van der Waals surface area contributed by atoms with E-state index < -0.39 is 12.2 Å². The van der Waals surface area contributed by atoms with E-state index in [1.807, 2.05) is 0 Å². The van der Waals surface area contributed by atoms with Gasteiger partial charge in [0.2, 0.25) is 0 Å². The number of likely N-dealkylation sites (N-methyl/N-ethyl adjacent to an activating group) is 1. The molecule has 0 saturated carbocycles. The molecule has 1 heterocycles. The molecule has 0 fully saturated rings. The minimum Gasteiger partial charge on any atom is -0.389 e. The Labute approximate surface area is 82.8 Å². The van der Waals surface area contributed by atoms with Crippen molar-refractivity contribution in [3.8, 4) is 0 Å². The molecular formula is C9H15N3O2. The molecule has 2 unspecified atom stereocenters. The van der Waals surface area contributed by atoms with Crippen LogP contribution in [0, 0.1) is 6.92 Å². The fourth-order valence-electron chi connectivity index (χ4n) is 1.10. The van der Waals surface area contributed by atoms with Crippen LogP contribution in [0.1, 0.15) is 17.5 Å². The minimum absolute atomic E-state index is 0.328. The first-order valence-electron chi connectivity index (χ1n) is 4.44. The molecule has 1 aromatic heterocycles. The van der Waals surface area contributed by atoms with Gasteiger partial charge in [0.05, 0.1) is 6.10 Å². The lowest BCUT2D eigenvalue weighted by Crippen LogP contribution is -2.29. The lowest BCUT2D eigenvalue weighted by Gasteiger charge is -2.16. The van der Waals surface area contributed by atoms with Gasteiger partial charge in [-0.3, -0.25) is 0 Å². The highest BCUT2D eigenvalue weighted by molar-refractivity contribution is 5.10. The van der Waals surface area contributed by atoms with E-state index >= 15 is 0 Å². The lowest BCUT2D eigenvalue weighted by molar-refractivity contribution is 0.0198. The number of nitrogens with one attached hydrogen (secondary N) is 1. The molecule has 0 saturated heterocycles. The largest absolute Gasteiger partial charge is 0.389 e. The molecular weight excluding hydrogens is 182 g/mol. The van der Waals surface area contributed by atoms with Crippen molar-refractivity contribution in [3.63, 3.8) is 0 Å². The third-order valence-corrected chi connectivity index (χ3v) is 1.92. The summed E-state index contributed by atoms with van der Waals surface area (Å²) < 4.78 is 0. The van der Waals surface area contributed by atoms with E-state index in [4.69, 9.17) is 0 Å². The second-order valence-electron chi connectivity index (χ2n) is 3.13. The Hall–Kier alpha value is -1.04. The monoisotopic (exact) mass is 197 g/mol. The summed E-state index contributed by atoms with van der Waals surface area (Å²) in [5, 5.41) is 21.9. The van der Waals surface area contributed by atoms with Crippen LogP contribution in [0.5, 0.6) is 0 Å². The molecule has 5 heteroatoms. The van der Waals surface area contributed by atoms with Gasteiger partial charge in [-0.25, -0.2) is 9.97 Å². The van der Waals surface area contributed by atoms with Crippen molar-refractivity contribution in [2.75, 3.05) is 13.6 Å². The lowest BCUT2D eigenvalue weighted by atomic mass is 10.1. The van der Waals surface area contributed by atoms with E-state index in [1.165, 1.54) is 12.4 Å². The summed E-state index contributed by atoms with van der Waals surface area (Å²) in [5.41, 5.74) is 0.526. The Morgan fingerprint density at radius 3 is 2.43 bits per heavy atom. The van der Waals surface area contributed by atoms with E-state index in [0.29, 0.717) is 17.9 Å². The molecule has 0 radical (unpaired) electrons. The van der Waals surface area contributed by atoms with Crippen molar-refractivity contribution in [3.05, 3.63) is 23.8 Å². The van der Waals surface area contributed by atoms with Crippen LogP contribution in [0.3, 0.4) is 0 Å². The number of hydrogen-bond acceptors (Lipinski definition) is 5. The first-order chi connectivity index (χ1) is 6.65. The van der Waals surface area contributed by atoms with Gasteiger partial charge in [-0.1, -0.05) is 0 Å². The third kappa shape index (κ3) is 2.73. The van der Waals surface area contributed by atoms with Gasteiger partial charge in [-0.05, 0) is 14.0 Å². The molecule has 5 nitrogen and oxygen atoms in total. The third-order valence-electron chi connectivity index (χ3n) is 1.92. The van der Waals surface area contributed by atoms with Crippen molar-refractivity contribution in [1.29, 1.82) is 0 Å². The fourth-order valence-corrected chi connectivity index (χ4v) is 1.10. The van der Waals surface area contributed by atoms with Gasteiger partial charge in [0.1, 0.15) is 11.9 Å². The summed E-state index contributed by atoms with van der Waals surface area (Å²) in [7, 11) is 1.71. The summed E-state index contributed by atoms with van der Waals surface area (Å²) in [6, 6.07) is 0. The van der Waals surface area contributed by atoms with Crippen LogP contribution in [0.15, 0.2) is 12.4 Å². The Bertz CT molecular complexity index is 276. The summed E-state index contributed by atoms with van der Waals surface area (Å²) in [4.78, 5) is 7.88. The maximum absolute atomic E-state index is 9.64. The maximum Gasteiger partial charge on any atom is 0.125 e. The quantitative estimate of drug-likeness (QED) is 0.600. The second-order valence-corrected chi connectivity index (χ2v) is 3.13. The molecule has 2 atom stereocenters. The highest BCUT2D eigenvalue weighted by Crippen LogP contribution is 2.14.